The van der Waals surface area contributed by atoms with Crippen LogP contribution in [0.5, 0.6) is 5.75 Å². The lowest BCUT2D eigenvalue weighted by molar-refractivity contribution is 0.412. The molecule has 0 aliphatic carbocycles. The molecule has 2 aromatic heterocycles. The summed E-state index contributed by atoms with van der Waals surface area (Å²) in [5.74, 6) is 2.18. The summed E-state index contributed by atoms with van der Waals surface area (Å²) in [6.07, 6.45) is 7.65. The molecule has 0 aliphatic rings. The lowest BCUT2D eigenvalue weighted by Crippen LogP contribution is -2.08. The van der Waals surface area contributed by atoms with Crippen molar-refractivity contribution in [3.05, 3.63) is 42.1 Å². The number of hydrogen-bond donors (Lipinski definition) is 1. The zero-order valence-electron chi connectivity index (χ0n) is 12.7. The standard InChI is InChI=1S/C16H22N4O/c1-3-4-6-10-18-16-14(21-2)12-19-15(20-16)11-13-8-5-7-9-17-13/h5,7-9,12H,3-4,6,10-11H2,1-2H3,(H,18,19,20). The largest absolute Gasteiger partial charge is 0.491 e. The summed E-state index contributed by atoms with van der Waals surface area (Å²) < 4.78 is 5.30. The molecule has 5 nitrogen and oxygen atoms in total. The van der Waals surface area contributed by atoms with Gasteiger partial charge in [0.25, 0.3) is 0 Å². The first kappa shape index (κ1) is 15.2. The highest BCUT2D eigenvalue weighted by Crippen LogP contribution is 2.21. The van der Waals surface area contributed by atoms with Crippen molar-refractivity contribution in [1.82, 2.24) is 15.0 Å². The highest BCUT2D eigenvalue weighted by atomic mass is 16.5. The molecular formula is C16H22N4O. The molecule has 0 aromatic carbocycles. The molecule has 2 rings (SSSR count). The fourth-order valence-corrected chi connectivity index (χ4v) is 2.01. The van der Waals surface area contributed by atoms with Crippen molar-refractivity contribution < 1.29 is 4.74 Å². The maximum atomic E-state index is 5.30. The molecule has 0 bridgehead atoms. The molecule has 5 heteroatoms. The van der Waals surface area contributed by atoms with E-state index < -0.39 is 0 Å². The predicted molar refractivity (Wildman–Crippen MR) is 83.6 cm³/mol. The Balaban J connectivity index is 2.05. The molecule has 0 radical (unpaired) electrons. The average Bonchev–Trinajstić information content (AvgIpc) is 2.53. The maximum absolute atomic E-state index is 5.30. The Morgan fingerprint density at radius 2 is 2.10 bits per heavy atom. The predicted octanol–water partition coefficient (Wildman–Crippen LogP) is 3.07. The molecule has 112 valence electrons. The molecule has 2 heterocycles. The Morgan fingerprint density at radius 3 is 2.81 bits per heavy atom. The van der Waals surface area contributed by atoms with Crippen LogP contribution >= 0.6 is 0 Å². The van der Waals surface area contributed by atoms with Crippen LogP contribution in [0.25, 0.3) is 0 Å². The van der Waals surface area contributed by atoms with Gasteiger partial charge in [-0.15, -0.1) is 0 Å². The second-order valence-corrected chi connectivity index (χ2v) is 4.83. The normalized spacial score (nSPS) is 10.4. The third kappa shape index (κ3) is 4.70. The Morgan fingerprint density at radius 1 is 1.19 bits per heavy atom. The van der Waals surface area contributed by atoms with E-state index in [-0.39, 0.29) is 0 Å². The van der Waals surface area contributed by atoms with Crippen LogP contribution in [0.15, 0.2) is 30.6 Å². The van der Waals surface area contributed by atoms with E-state index in [1.165, 1.54) is 12.8 Å². The van der Waals surface area contributed by atoms with E-state index in [9.17, 15) is 0 Å². The summed E-state index contributed by atoms with van der Waals surface area (Å²) in [4.78, 5) is 13.2. The monoisotopic (exact) mass is 286 g/mol. The number of pyridine rings is 1. The smallest absolute Gasteiger partial charge is 0.179 e. The van der Waals surface area contributed by atoms with E-state index >= 15 is 0 Å². The van der Waals surface area contributed by atoms with E-state index in [1.54, 1.807) is 19.5 Å². The first-order valence-corrected chi connectivity index (χ1v) is 7.37. The zero-order valence-corrected chi connectivity index (χ0v) is 12.7. The first-order valence-electron chi connectivity index (χ1n) is 7.37. The first-order chi connectivity index (χ1) is 10.3. The van der Waals surface area contributed by atoms with E-state index in [1.807, 2.05) is 18.2 Å². The van der Waals surface area contributed by atoms with E-state index in [0.29, 0.717) is 12.2 Å². The Hall–Kier alpha value is -2.17. The summed E-state index contributed by atoms with van der Waals surface area (Å²) in [6, 6.07) is 5.84. The second kappa shape index (κ2) is 8.19. The molecule has 0 saturated heterocycles. The number of nitrogens with zero attached hydrogens (tertiary/aromatic N) is 3. The third-order valence-corrected chi connectivity index (χ3v) is 3.16. The SMILES string of the molecule is CCCCCNc1nc(Cc2ccccn2)ncc1OC. The van der Waals surface area contributed by atoms with Crippen molar-refractivity contribution in [3.8, 4) is 5.75 Å². The van der Waals surface area contributed by atoms with Crippen molar-refractivity contribution in [3.63, 3.8) is 0 Å². The number of ether oxygens (including phenoxy) is 1. The molecule has 0 spiro atoms. The minimum atomic E-state index is 0.620. The third-order valence-electron chi connectivity index (χ3n) is 3.16. The lowest BCUT2D eigenvalue weighted by atomic mass is 10.2. The highest BCUT2D eigenvalue weighted by Gasteiger charge is 2.08. The van der Waals surface area contributed by atoms with Gasteiger partial charge >= 0.3 is 0 Å². The van der Waals surface area contributed by atoms with Crippen molar-refractivity contribution in [2.45, 2.75) is 32.6 Å². The minimum Gasteiger partial charge on any atom is -0.491 e. The quantitative estimate of drug-likeness (QED) is 0.756. The Bertz CT molecular complexity index is 545. The topological polar surface area (TPSA) is 59.9 Å². The van der Waals surface area contributed by atoms with Crippen molar-refractivity contribution in [2.75, 3.05) is 19.0 Å². The number of hydrogen-bond acceptors (Lipinski definition) is 5. The van der Waals surface area contributed by atoms with Gasteiger partial charge in [0.1, 0.15) is 5.82 Å². The van der Waals surface area contributed by atoms with Gasteiger partial charge in [0.15, 0.2) is 11.6 Å². The number of nitrogens with one attached hydrogen (secondary N) is 1. The molecular weight excluding hydrogens is 264 g/mol. The number of rotatable bonds is 8. The van der Waals surface area contributed by atoms with E-state index in [2.05, 4.69) is 27.2 Å². The minimum absolute atomic E-state index is 0.620. The number of aromatic nitrogens is 3. The fraction of sp³-hybridized carbons (Fsp3) is 0.438. The van der Waals surface area contributed by atoms with Gasteiger partial charge in [-0.25, -0.2) is 9.97 Å². The molecule has 0 unspecified atom stereocenters. The maximum Gasteiger partial charge on any atom is 0.179 e. The van der Waals surface area contributed by atoms with Crippen LogP contribution in [0.3, 0.4) is 0 Å². The summed E-state index contributed by atoms with van der Waals surface area (Å²) in [5.41, 5.74) is 0.958. The summed E-state index contributed by atoms with van der Waals surface area (Å²) >= 11 is 0. The average molecular weight is 286 g/mol. The molecule has 2 aromatic rings. The highest BCUT2D eigenvalue weighted by molar-refractivity contribution is 5.48. The zero-order chi connectivity index (χ0) is 14.9. The Labute approximate surface area is 125 Å². The Kier molecular flexibility index (Phi) is 5.94. The number of unbranched alkanes of at least 4 members (excludes halogenated alkanes) is 2. The van der Waals surface area contributed by atoms with E-state index in [4.69, 9.17) is 4.74 Å². The molecule has 0 atom stereocenters. The van der Waals surface area contributed by atoms with E-state index in [0.717, 1.165) is 30.3 Å². The molecule has 1 N–H and O–H groups in total. The van der Waals surface area contributed by atoms with Crippen LogP contribution in [0.2, 0.25) is 0 Å². The van der Waals surface area contributed by atoms with Gasteiger partial charge in [-0.3, -0.25) is 4.98 Å². The van der Waals surface area contributed by atoms with Crippen molar-refractivity contribution in [2.24, 2.45) is 0 Å². The summed E-state index contributed by atoms with van der Waals surface area (Å²) in [6.45, 7) is 3.08. The molecule has 0 aliphatic heterocycles. The molecule has 0 saturated carbocycles. The number of methoxy groups -OCH3 is 1. The van der Waals surface area contributed by atoms with Crippen LogP contribution in [0.4, 0.5) is 5.82 Å². The van der Waals surface area contributed by atoms with Gasteiger partial charge in [0.2, 0.25) is 0 Å². The van der Waals surface area contributed by atoms with Crippen LogP contribution in [0, 0.1) is 0 Å². The van der Waals surface area contributed by atoms with Gasteiger partial charge in [0.05, 0.1) is 19.7 Å². The van der Waals surface area contributed by atoms with Gasteiger partial charge < -0.3 is 10.1 Å². The van der Waals surface area contributed by atoms with Crippen LogP contribution < -0.4 is 10.1 Å². The van der Waals surface area contributed by atoms with Gasteiger partial charge in [-0.1, -0.05) is 25.8 Å². The summed E-state index contributed by atoms with van der Waals surface area (Å²) in [5, 5.41) is 3.33. The summed E-state index contributed by atoms with van der Waals surface area (Å²) in [7, 11) is 1.63. The van der Waals surface area contributed by atoms with Gasteiger partial charge in [-0.2, -0.15) is 0 Å². The van der Waals surface area contributed by atoms with Crippen molar-refractivity contribution in [1.29, 1.82) is 0 Å². The van der Waals surface area contributed by atoms with Crippen LogP contribution in [-0.4, -0.2) is 28.6 Å². The molecule has 0 fully saturated rings. The van der Waals surface area contributed by atoms with Crippen molar-refractivity contribution >= 4 is 5.82 Å². The number of anilines is 1. The second-order valence-electron chi connectivity index (χ2n) is 4.83. The van der Waals surface area contributed by atoms with Crippen LogP contribution in [0.1, 0.15) is 37.7 Å². The van der Waals surface area contributed by atoms with Gasteiger partial charge in [0, 0.05) is 18.4 Å². The van der Waals surface area contributed by atoms with Gasteiger partial charge in [-0.05, 0) is 18.6 Å². The van der Waals surface area contributed by atoms with Crippen LogP contribution in [-0.2, 0) is 6.42 Å². The molecule has 21 heavy (non-hydrogen) atoms. The lowest BCUT2D eigenvalue weighted by Gasteiger charge is -2.11. The fourth-order valence-electron chi connectivity index (χ4n) is 2.01. The molecule has 0 amide bonds.